The maximum atomic E-state index is 12.7. The van der Waals surface area contributed by atoms with Gasteiger partial charge in [0, 0.05) is 25.0 Å². The van der Waals surface area contributed by atoms with E-state index in [1.807, 2.05) is 6.26 Å². The summed E-state index contributed by atoms with van der Waals surface area (Å²) in [6.07, 6.45) is 4.70. The van der Waals surface area contributed by atoms with Gasteiger partial charge in [0.05, 0.1) is 22.9 Å². The topological polar surface area (TPSA) is 113 Å². The van der Waals surface area contributed by atoms with E-state index in [-0.39, 0.29) is 29.5 Å². The summed E-state index contributed by atoms with van der Waals surface area (Å²) in [5, 5.41) is 2.63. The number of carbonyl (C=O) groups excluding carboxylic acids is 1. The lowest BCUT2D eigenvalue weighted by molar-refractivity contribution is -0.121. The van der Waals surface area contributed by atoms with Crippen LogP contribution >= 0.6 is 11.8 Å². The predicted molar refractivity (Wildman–Crippen MR) is 136 cm³/mol. The summed E-state index contributed by atoms with van der Waals surface area (Å²) in [5.41, 5.74) is 0. The molecular weight excluding hydrogens is 510 g/mol. The number of likely N-dealkylation sites (N-methyl/N-ethyl adjacent to an activating group) is 1. The quantitative estimate of drug-likeness (QED) is 0.343. The molecule has 9 nitrogen and oxygen atoms in total. The number of hydrogen-bond donors (Lipinski definition) is 1. The van der Waals surface area contributed by atoms with Crippen LogP contribution in [0.5, 0.6) is 5.75 Å². The summed E-state index contributed by atoms with van der Waals surface area (Å²) in [4.78, 5) is 13.5. The van der Waals surface area contributed by atoms with E-state index in [0.29, 0.717) is 18.8 Å². The zero-order valence-corrected chi connectivity index (χ0v) is 22.3. The molecule has 3 rings (SSSR count). The zero-order valence-electron chi connectivity index (χ0n) is 19.8. The van der Waals surface area contributed by atoms with Crippen LogP contribution in [0.2, 0.25) is 0 Å². The third-order valence-electron chi connectivity index (χ3n) is 5.60. The lowest BCUT2D eigenvalue weighted by Crippen LogP contribution is -2.39. The molecule has 35 heavy (non-hydrogen) atoms. The Balaban J connectivity index is 1.44. The Morgan fingerprint density at radius 1 is 0.971 bits per heavy atom. The van der Waals surface area contributed by atoms with Crippen molar-refractivity contribution >= 4 is 37.7 Å². The van der Waals surface area contributed by atoms with Gasteiger partial charge in [-0.1, -0.05) is 6.42 Å². The van der Waals surface area contributed by atoms with Crippen molar-refractivity contribution in [1.29, 1.82) is 0 Å². The first-order chi connectivity index (χ1) is 16.6. The molecule has 0 saturated carbocycles. The van der Waals surface area contributed by atoms with E-state index in [1.165, 1.54) is 47.4 Å². The summed E-state index contributed by atoms with van der Waals surface area (Å²) in [7, 11) is -5.92. The molecule has 0 spiro atoms. The third kappa shape index (κ3) is 7.20. The Hall–Kier alpha value is -2.12. The van der Waals surface area contributed by atoms with Crippen molar-refractivity contribution in [2.75, 3.05) is 46.1 Å². The maximum Gasteiger partial charge on any atom is 0.243 e. The number of nitrogens with one attached hydrogen (secondary N) is 1. The van der Waals surface area contributed by atoms with E-state index in [0.717, 1.165) is 28.5 Å². The normalized spacial score (nSPS) is 15.2. The molecule has 1 fully saturated rings. The smallest absolute Gasteiger partial charge is 0.243 e. The minimum absolute atomic E-state index is 0.125. The van der Waals surface area contributed by atoms with Crippen LogP contribution in [0, 0.1) is 0 Å². The Morgan fingerprint density at radius 3 is 2.17 bits per heavy atom. The molecule has 1 N–H and O–H groups in total. The Kier molecular flexibility index (Phi) is 9.59. The molecule has 12 heteroatoms. The van der Waals surface area contributed by atoms with Crippen molar-refractivity contribution in [2.45, 2.75) is 33.9 Å². The highest BCUT2D eigenvalue weighted by Crippen LogP contribution is 2.23. The fraction of sp³-hybridized carbons (Fsp3) is 0.435. The molecule has 1 saturated heterocycles. The summed E-state index contributed by atoms with van der Waals surface area (Å²) < 4.78 is 58.8. The molecule has 0 aliphatic carbocycles. The van der Waals surface area contributed by atoms with E-state index in [9.17, 15) is 21.6 Å². The predicted octanol–water partition coefficient (Wildman–Crippen LogP) is 2.40. The Labute approximate surface area is 211 Å². The lowest BCUT2D eigenvalue weighted by atomic mass is 10.2. The number of sulfonamides is 2. The van der Waals surface area contributed by atoms with Crippen LogP contribution in [0.15, 0.2) is 63.2 Å². The van der Waals surface area contributed by atoms with Crippen LogP contribution in [0.4, 0.5) is 0 Å². The van der Waals surface area contributed by atoms with Gasteiger partial charge in [-0.3, -0.25) is 4.79 Å². The molecule has 2 aromatic rings. The number of carbonyl (C=O) groups is 1. The molecule has 0 bridgehead atoms. The van der Waals surface area contributed by atoms with E-state index < -0.39 is 26.0 Å². The largest absolute Gasteiger partial charge is 0.492 e. The molecule has 0 unspecified atom stereocenters. The van der Waals surface area contributed by atoms with Gasteiger partial charge in [0.1, 0.15) is 12.4 Å². The van der Waals surface area contributed by atoms with Crippen molar-refractivity contribution in [2.24, 2.45) is 0 Å². The first-order valence-corrected chi connectivity index (χ1v) is 15.3. The first-order valence-electron chi connectivity index (χ1n) is 11.2. The third-order valence-corrected chi connectivity index (χ3v) is 10.1. The molecule has 0 radical (unpaired) electrons. The molecule has 1 amide bonds. The van der Waals surface area contributed by atoms with Gasteiger partial charge in [0.25, 0.3) is 0 Å². The Morgan fingerprint density at radius 2 is 1.57 bits per heavy atom. The van der Waals surface area contributed by atoms with Crippen molar-refractivity contribution in [1.82, 2.24) is 13.9 Å². The number of benzene rings is 2. The summed E-state index contributed by atoms with van der Waals surface area (Å²) in [5.74, 6) is 0.0219. The molecule has 0 atom stereocenters. The summed E-state index contributed by atoms with van der Waals surface area (Å²) in [6, 6.07) is 12.7. The second kappa shape index (κ2) is 12.2. The lowest BCUT2D eigenvalue weighted by Gasteiger charge is -2.25. The van der Waals surface area contributed by atoms with E-state index >= 15 is 0 Å². The van der Waals surface area contributed by atoms with Gasteiger partial charge in [0.15, 0.2) is 0 Å². The van der Waals surface area contributed by atoms with Gasteiger partial charge >= 0.3 is 0 Å². The SMILES string of the molecule is CSc1ccc(S(=O)(=O)N(C)CC(=O)NCCOc2ccc(S(=O)(=O)N3CCCCC3)cc2)cc1. The highest BCUT2D eigenvalue weighted by Gasteiger charge is 2.26. The van der Waals surface area contributed by atoms with E-state index in [1.54, 1.807) is 24.3 Å². The van der Waals surface area contributed by atoms with Gasteiger partial charge in [-0.2, -0.15) is 8.61 Å². The van der Waals surface area contributed by atoms with Crippen molar-refractivity contribution in [3.8, 4) is 5.75 Å². The average Bonchev–Trinajstić information content (AvgIpc) is 2.87. The summed E-state index contributed by atoms with van der Waals surface area (Å²) >= 11 is 1.51. The highest BCUT2D eigenvalue weighted by molar-refractivity contribution is 7.98. The molecular formula is C23H31N3O6S3. The number of nitrogens with zero attached hydrogens (tertiary/aromatic N) is 2. The number of hydrogen-bond acceptors (Lipinski definition) is 7. The van der Waals surface area contributed by atoms with Gasteiger partial charge in [-0.15, -0.1) is 11.8 Å². The van der Waals surface area contributed by atoms with Gasteiger partial charge < -0.3 is 10.1 Å². The Bertz CT molecular complexity index is 1190. The number of amides is 1. The first kappa shape index (κ1) is 27.5. The average molecular weight is 542 g/mol. The van der Waals surface area contributed by atoms with E-state index in [2.05, 4.69) is 5.32 Å². The number of piperidine rings is 1. The molecule has 1 aliphatic heterocycles. The van der Waals surface area contributed by atoms with Crippen LogP contribution in [-0.4, -0.2) is 77.4 Å². The number of ether oxygens (including phenoxy) is 1. The van der Waals surface area contributed by atoms with Crippen molar-refractivity contribution < 1.29 is 26.4 Å². The zero-order chi connectivity index (χ0) is 25.5. The van der Waals surface area contributed by atoms with Crippen LogP contribution < -0.4 is 10.1 Å². The van der Waals surface area contributed by atoms with Gasteiger partial charge in [-0.05, 0) is 67.6 Å². The van der Waals surface area contributed by atoms with Crippen LogP contribution in [0.1, 0.15) is 19.3 Å². The molecule has 0 aromatic heterocycles. The fourth-order valence-electron chi connectivity index (χ4n) is 3.59. The molecule has 1 heterocycles. The van der Waals surface area contributed by atoms with Crippen LogP contribution in [0.3, 0.4) is 0 Å². The monoisotopic (exact) mass is 541 g/mol. The van der Waals surface area contributed by atoms with Crippen LogP contribution in [0.25, 0.3) is 0 Å². The number of thioether (sulfide) groups is 1. The second-order valence-electron chi connectivity index (χ2n) is 8.07. The van der Waals surface area contributed by atoms with Crippen LogP contribution in [-0.2, 0) is 24.8 Å². The second-order valence-corrected chi connectivity index (χ2v) is 12.9. The fourth-order valence-corrected chi connectivity index (χ4v) is 6.64. The molecule has 2 aromatic carbocycles. The van der Waals surface area contributed by atoms with Crippen molar-refractivity contribution in [3.05, 3.63) is 48.5 Å². The summed E-state index contributed by atoms with van der Waals surface area (Å²) in [6.45, 7) is 1.08. The maximum absolute atomic E-state index is 12.7. The van der Waals surface area contributed by atoms with Gasteiger partial charge in [0.2, 0.25) is 26.0 Å². The minimum Gasteiger partial charge on any atom is -0.492 e. The van der Waals surface area contributed by atoms with Gasteiger partial charge in [-0.25, -0.2) is 16.8 Å². The van der Waals surface area contributed by atoms with Crippen molar-refractivity contribution in [3.63, 3.8) is 0 Å². The standard InChI is InChI=1S/C23H31N3O6S3/c1-25(34(28,29)21-12-8-20(33-2)9-13-21)18-23(27)24-14-17-32-19-6-10-22(11-7-19)35(30,31)26-15-4-3-5-16-26/h6-13H,3-5,14-18H2,1-2H3,(H,24,27). The number of rotatable bonds is 11. The molecule has 1 aliphatic rings. The highest BCUT2D eigenvalue weighted by atomic mass is 32.2. The minimum atomic E-state index is -3.78. The van der Waals surface area contributed by atoms with E-state index in [4.69, 9.17) is 4.74 Å². The molecule has 192 valence electrons.